The number of carbonyl (C=O) groups excluding carboxylic acids is 1. The fourth-order valence-electron chi connectivity index (χ4n) is 2.80. The Morgan fingerprint density at radius 1 is 1.27 bits per heavy atom. The zero-order valence-corrected chi connectivity index (χ0v) is 15.2. The Kier molecular flexibility index (Phi) is 6.07. The summed E-state index contributed by atoms with van der Waals surface area (Å²) < 4.78 is 11.2. The van der Waals surface area contributed by atoms with Gasteiger partial charge in [0.1, 0.15) is 5.75 Å². The molecule has 0 aliphatic carbocycles. The lowest BCUT2D eigenvalue weighted by Gasteiger charge is -2.12. The van der Waals surface area contributed by atoms with E-state index in [1.807, 2.05) is 38.1 Å². The highest BCUT2D eigenvalue weighted by molar-refractivity contribution is 5.94. The molecule has 1 aliphatic rings. The van der Waals surface area contributed by atoms with Crippen LogP contribution in [-0.2, 0) is 4.74 Å². The molecule has 1 fully saturated rings. The quantitative estimate of drug-likeness (QED) is 0.795. The van der Waals surface area contributed by atoms with Crippen molar-refractivity contribution >= 4 is 17.3 Å². The maximum Gasteiger partial charge on any atom is 0.253 e. The summed E-state index contributed by atoms with van der Waals surface area (Å²) in [5.41, 5.74) is 2.18. The second kappa shape index (κ2) is 8.67. The summed E-state index contributed by atoms with van der Waals surface area (Å²) >= 11 is 0. The van der Waals surface area contributed by atoms with E-state index >= 15 is 0 Å². The van der Waals surface area contributed by atoms with Crippen molar-refractivity contribution in [3.8, 4) is 5.75 Å². The maximum absolute atomic E-state index is 12.3. The minimum atomic E-state index is -0.141. The van der Waals surface area contributed by atoms with Gasteiger partial charge in [0.25, 0.3) is 5.91 Å². The second-order valence-corrected chi connectivity index (χ2v) is 6.62. The highest BCUT2D eigenvalue weighted by Gasteiger charge is 2.17. The predicted molar refractivity (Wildman–Crippen MR) is 101 cm³/mol. The van der Waals surface area contributed by atoms with Crippen LogP contribution in [0.3, 0.4) is 0 Å². The number of benzene rings is 1. The first-order valence-corrected chi connectivity index (χ1v) is 8.99. The first-order valence-electron chi connectivity index (χ1n) is 8.99. The smallest absolute Gasteiger partial charge is 0.253 e. The van der Waals surface area contributed by atoms with Crippen molar-refractivity contribution in [2.45, 2.75) is 38.9 Å². The second-order valence-electron chi connectivity index (χ2n) is 6.62. The van der Waals surface area contributed by atoms with E-state index in [1.165, 1.54) is 0 Å². The van der Waals surface area contributed by atoms with Crippen molar-refractivity contribution in [1.29, 1.82) is 0 Å². The van der Waals surface area contributed by atoms with E-state index in [0.717, 1.165) is 36.6 Å². The molecule has 0 bridgehead atoms. The number of nitrogens with one attached hydrogen (secondary N) is 2. The van der Waals surface area contributed by atoms with Crippen molar-refractivity contribution in [3.05, 3.63) is 48.3 Å². The SMILES string of the molecule is CC(C)Oc1ccc(Nc2cncc(C(=O)NCC3CCCO3)c2)cc1. The highest BCUT2D eigenvalue weighted by atomic mass is 16.5. The van der Waals surface area contributed by atoms with Crippen molar-refractivity contribution in [3.63, 3.8) is 0 Å². The highest BCUT2D eigenvalue weighted by Crippen LogP contribution is 2.21. The summed E-state index contributed by atoms with van der Waals surface area (Å²) in [6, 6.07) is 9.47. The Bertz CT molecular complexity index is 725. The third kappa shape index (κ3) is 5.20. The molecule has 6 nitrogen and oxygen atoms in total. The van der Waals surface area contributed by atoms with Crippen LogP contribution in [0.4, 0.5) is 11.4 Å². The Morgan fingerprint density at radius 3 is 2.77 bits per heavy atom. The fourth-order valence-corrected chi connectivity index (χ4v) is 2.80. The Hall–Kier alpha value is -2.60. The summed E-state index contributed by atoms with van der Waals surface area (Å²) in [6.45, 7) is 5.30. The van der Waals surface area contributed by atoms with Crippen molar-refractivity contribution in [2.24, 2.45) is 0 Å². The molecular weight excluding hydrogens is 330 g/mol. The lowest BCUT2D eigenvalue weighted by molar-refractivity contribution is 0.0857. The Balaban J connectivity index is 1.58. The van der Waals surface area contributed by atoms with Crippen LogP contribution in [0.15, 0.2) is 42.7 Å². The standard InChI is InChI=1S/C20H25N3O3/c1-14(2)26-18-7-5-16(6-8-18)23-17-10-15(11-21-12-17)20(24)22-13-19-4-3-9-25-19/h5-8,10-12,14,19,23H,3-4,9,13H2,1-2H3,(H,22,24). The van der Waals surface area contributed by atoms with Crippen LogP contribution in [0.5, 0.6) is 5.75 Å². The molecule has 138 valence electrons. The molecule has 2 N–H and O–H groups in total. The largest absolute Gasteiger partial charge is 0.491 e. The van der Waals surface area contributed by atoms with E-state index in [9.17, 15) is 4.79 Å². The van der Waals surface area contributed by atoms with Gasteiger partial charge in [0, 0.05) is 25.0 Å². The maximum atomic E-state index is 12.3. The van der Waals surface area contributed by atoms with Gasteiger partial charge in [-0.1, -0.05) is 0 Å². The third-order valence-corrected chi connectivity index (χ3v) is 4.03. The average molecular weight is 355 g/mol. The summed E-state index contributed by atoms with van der Waals surface area (Å²) in [5, 5.41) is 6.16. The molecule has 2 heterocycles. The summed E-state index contributed by atoms with van der Waals surface area (Å²) in [6.07, 6.45) is 5.58. The lowest BCUT2D eigenvalue weighted by Crippen LogP contribution is -2.31. The normalized spacial score (nSPS) is 16.5. The van der Waals surface area contributed by atoms with Crippen LogP contribution >= 0.6 is 0 Å². The Labute approximate surface area is 153 Å². The zero-order valence-electron chi connectivity index (χ0n) is 15.2. The Morgan fingerprint density at radius 2 is 2.08 bits per heavy atom. The monoisotopic (exact) mass is 355 g/mol. The van der Waals surface area contributed by atoms with Crippen LogP contribution in [0.2, 0.25) is 0 Å². The number of nitrogens with zero attached hydrogens (tertiary/aromatic N) is 1. The third-order valence-electron chi connectivity index (χ3n) is 4.03. The number of amides is 1. The van der Waals surface area contributed by atoms with E-state index in [0.29, 0.717) is 12.1 Å². The average Bonchev–Trinajstić information content (AvgIpc) is 3.15. The van der Waals surface area contributed by atoms with Crippen LogP contribution in [-0.4, -0.2) is 36.3 Å². The zero-order chi connectivity index (χ0) is 18.4. The molecule has 0 radical (unpaired) electrons. The first kappa shape index (κ1) is 18.2. The molecule has 1 aromatic heterocycles. The number of hydrogen-bond donors (Lipinski definition) is 2. The minimum absolute atomic E-state index is 0.125. The van der Waals surface area contributed by atoms with Crippen molar-refractivity contribution < 1.29 is 14.3 Å². The van der Waals surface area contributed by atoms with Gasteiger partial charge in [0.2, 0.25) is 0 Å². The van der Waals surface area contributed by atoms with Crippen LogP contribution in [0, 0.1) is 0 Å². The van der Waals surface area contributed by atoms with Gasteiger partial charge in [0.05, 0.1) is 29.7 Å². The van der Waals surface area contributed by atoms with Gasteiger partial charge < -0.3 is 20.1 Å². The number of aromatic nitrogens is 1. The van der Waals surface area contributed by atoms with Gasteiger partial charge in [-0.2, -0.15) is 0 Å². The fraction of sp³-hybridized carbons (Fsp3) is 0.400. The van der Waals surface area contributed by atoms with E-state index in [4.69, 9.17) is 9.47 Å². The van der Waals surface area contributed by atoms with E-state index in [-0.39, 0.29) is 18.1 Å². The van der Waals surface area contributed by atoms with E-state index in [2.05, 4.69) is 15.6 Å². The summed E-state index contributed by atoms with van der Waals surface area (Å²) in [7, 11) is 0. The molecule has 1 amide bonds. The molecular formula is C20H25N3O3. The first-order chi connectivity index (χ1) is 12.6. The lowest BCUT2D eigenvalue weighted by atomic mass is 10.2. The predicted octanol–water partition coefficient (Wildman–Crippen LogP) is 3.52. The number of anilines is 2. The van der Waals surface area contributed by atoms with Gasteiger partial charge in [-0.3, -0.25) is 9.78 Å². The van der Waals surface area contributed by atoms with Crippen molar-refractivity contribution in [2.75, 3.05) is 18.5 Å². The molecule has 1 aromatic carbocycles. The minimum Gasteiger partial charge on any atom is -0.491 e. The molecule has 1 unspecified atom stereocenters. The molecule has 1 aliphatic heterocycles. The van der Waals surface area contributed by atoms with Crippen LogP contribution in [0.1, 0.15) is 37.0 Å². The molecule has 2 aromatic rings. The van der Waals surface area contributed by atoms with Crippen molar-refractivity contribution in [1.82, 2.24) is 10.3 Å². The molecule has 0 spiro atoms. The van der Waals surface area contributed by atoms with E-state index < -0.39 is 0 Å². The topological polar surface area (TPSA) is 72.5 Å². The molecule has 26 heavy (non-hydrogen) atoms. The number of pyridine rings is 1. The summed E-state index contributed by atoms with van der Waals surface area (Å²) in [5.74, 6) is 0.684. The summed E-state index contributed by atoms with van der Waals surface area (Å²) in [4.78, 5) is 16.5. The van der Waals surface area contributed by atoms with Gasteiger partial charge in [0.15, 0.2) is 0 Å². The van der Waals surface area contributed by atoms with Gasteiger partial charge in [-0.25, -0.2) is 0 Å². The molecule has 1 saturated heterocycles. The molecule has 3 rings (SSSR count). The number of ether oxygens (including phenoxy) is 2. The number of hydrogen-bond acceptors (Lipinski definition) is 5. The van der Waals surface area contributed by atoms with Gasteiger partial charge in [-0.15, -0.1) is 0 Å². The van der Waals surface area contributed by atoms with Gasteiger partial charge >= 0.3 is 0 Å². The molecule has 1 atom stereocenters. The van der Waals surface area contributed by atoms with E-state index in [1.54, 1.807) is 18.5 Å². The molecule has 0 saturated carbocycles. The number of rotatable bonds is 7. The van der Waals surface area contributed by atoms with Crippen LogP contribution < -0.4 is 15.4 Å². The van der Waals surface area contributed by atoms with Crippen LogP contribution in [0.25, 0.3) is 0 Å². The number of carbonyl (C=O) groups is 1. The molecule has 6 heteroatoms. The van der Waals surface area contributed by atoms with Gasteiger partial charge in [-0.05, 0) is 57.0 Å².